The summed E-state index contributed by atoms with van der Waals surface area (Å²) in [4.78, 5) is 0. The van der Waals surface area contributed by atoms with Crippen molar-refractivity contribution in [3.63, 3.8) is 0 Å². The van der Waals surface area contributed by atoms with Crippen molar-refractivity contribution in [1.29, 1.82) is 0 Å². The molecule has 6 aromatic heterocycles. The topological polar surface area (TPSA) is 95.8 Å². The maximum Gasteiger partial charge on any atom is 0.969 e. The highest BCUT2D eigenvalue weighted by molar-refractivity contribution is 7.70. The number of nitrogens with zero attached hydrogens (tertiary/aromatic N) is 13. The first kappa shape index (κ1) is 87.3. The van der Waals surface area contributed by atoms with Gasteiger partial charge in [-0.05, 0) is 149 Å². The zero-order valence-electron chi connectivity index (χ0n) is 59.6. The van der Waals surface area contributed by atoms with Gasteiger partial charge >= 0.3 is 13.4 Å². The Morgan fingerprint density at radius 2 is 0.698 bits per heavy atom. The van der Waals surface area contributed by atoms with Crippen LogP contribution >= 0.6 is 31.7 Å². The minimum atomic E-state index is -1.73. The van der Waals surface area contributed by atoms with Gasteiger partial charge in [0, 0.05) is 24.8 Å². The van der Waals surface area contributed by atoms with Crippen LogP contribution in [0.5, 0.6) is 0 Å². The van der Waals surface area contributed by atoms with Crippen LogP contribution in [-0.4, -0.2) is 142 Å². The van der Waals surface area contributed by atoms with Crippen molar-refractivity contribution in [1.82, 2.24) is 29.1 Å². The Morgan fingerprint density at radius 3 is 0.965 bits per heavy atom. The molecule has 0 radical (unpaired) electrons. The fraction of sp³-hybridized carbons (Fsp3) is 0.493. The Labute approximate surface area is 533 Å². The Kier molecular flexibility index (Phi) is 54.8. The Morgan fingerprint density at radius 1 is 0.395 bits per heavy atom. The SMILES string of the molecule is C1=N[N+]([B-](n2cccn2)([n+]2ccccc2)[n+]2ccccc2)=CC1.C1=N[N+]([B-](n2cccn2)(n2cccn2)[n+]2ccccc2)=CC1.CC.CC.CC.CC.CC.CC.CC.CC.CC.CP(C)CC(C)(C)CP(C)C.CP(C)c1ccccc1P(C)C. The molecule has 0 unspecified atom stereocenters. The molecule has 0 N–H and O–H groups in total. The van der Waals surface area contributed by atoms with Gasteiger partial charge in [0.25, 0.3) is 0 Å². The number of pyridine rings is 3. The second-order valence-corrected chi connectivity index (χ2v) is 27.9. The first-order chi connectivity index (χ1) is 41.8. The van der Waals surface area contributed by atoms with E-state index >= 15 is 0 Å². The first-order valence-electron chi connectivity index (χ1n) is 32.0. The van der Waals surface area contributed by atoms with Crippen LogP contribution in [0.4, 0.5) is 0 Å². The Hall–Kier alpha value is -5.17. The third-order valence-electron chi connectivity index (χ3n) is 11.3. The van der Waals surface area contributed by atoms with Crippen molar-refractivity contribution in [3.05, 3.63) is 171 Å². The maximum absolute atomic E-state index is 4.59. The Bertz CT molecular complexity index is 2570. The third-order valence-corrected chi connectivity index (χ3v) is 17.2. The monoisotopic (exact) mass is 1260 g/mol. The predicted molar refractivity (Wildman–Crippen MR) is 396 cm³/mol. The number of hydrogen-bond acceptors (Lipinski definition) is 5. The standard InChI is InChI=1S/C16H17BN6.C14H15BN7.C10H16P2.C9H22P2.9C2H6/c1-3-11-20(12-4-1)17(22-15-7-9-18-22,23-16-8-10-19-23)21-13-5-2-6-14-21;1-2-10-19(11-3-1)15(20-12-4-7-16-20,21-13-5-8-17-21)22-14-6-9-18-22;1-11(2)9-7-5-6-8-10(9)12(3)4;1-9(2,7-10(3)4)8-11(5)6;9*1-2/h1-7,9-16H,8H2;1-5,7-14H,6H2;5-8H,1-4H3;7-8H2,1-6H3;9*1-2H3/q+2;+1;;;;;;;;;;;. The summed E-state index contributed by atoms with van der Waals surface area (Å²) >= 11 is 0. The molecule has 2 aliphatic rings. The lowest BCUT2D eigenvalue weighted by molar-refractivity contribution is -0.776. The molecule has 19 heteroatoms. The van der Waals surface area contributed by atoms with E-state index in [2.05, 4.69) is 137 Å². The largest absolute Gasteiger partial charge is 0.969 e. The van der Waals surface area contributed by atoms with Gasteiger partial charge in [-0.3, -0.25) is 18.1 Å². The summed E-state index contributed by atoms with van der Waals surface area (Å²) in [6.45, 7) is 56.3. The van der Waals surface area contributed by atoms with Crippen LogP contribution in [0.1, 0.15) is 151 Å². The lowest BCUT2D eigenvalue weighted by Crippen LogP contribution is -2.90. The molecule has 0 saturated heterocycles. The van der Waals surface area contributed by atoms with E-state index in [1.807, 2.05) is 295 Å². The van der Waals surface area contributed by atoms with E-state index in [1.54, 1.807) is 29.2 Å². The van der Waals surface area contributed by atoms with E-state index in [0.29, 0.717) is 21.3 Å². The second-order valence-electron chi connectivity index (χ2n) is 18.4. The number of rotatable bonds is 14. The van der Waals surface area contributed by atoms with Gasteiger partial charge in [0.2, 0.25) is 0 Å². The molecule has 0 saturated carbocycles. The highest BCUT2D eigenvalue weighted by atomic mass is 31.1. The van der Waals surface area contributed by atoms with Crippen LogP contribution in [0, 0.1) is 5.41 Å². The maximum atomic E-state index is 4.59. The molecular formula is C67H124B2N13P4+3. The van der Waals surface area contributed by atoms with Crippen molar-refractivity contribution in [2.24, 2.45) is 15.6 Å². The van der Waals surface area contributed by atoms with Gasteiger partial charge < -0.3 is 4.48 Å². The summed E-state index contributed by atoms with van der Waals surface area (Å²) in [5, 5.41) is 25.8. The molecule has 0 spiro atoms. The van der Waals surface area contributed by atoms with Crippen LogP contribution in [0.15, 0.2) is 182 Å². The van der Waals surface area contributed by atoms with E-state index in [-0.39, 0.29) is 15.8 Å². The number of aromatic nitrogens is 9. The van der Waals surface area contributed by atoms with E-state index in [9.17, 15) is 0 Å². The van der Waals surface area contributed by atoms with Gasteiger partial charge in [-0.25, -0.2) is 19.9 Å². The van der Waals surface area contributed by atoms with Crippen molar-refractivity contribution < 1.29 is 22.6 Å². The van der Waals surface area contributed by atoms with Crippen LogP contribution in [0.3, 0.4) is 0 Å². The predicted octanol–water partition coefficient (Wildman–Crippen LogP) is 15.7. The van der Waals surface area contributed by atoms with Gasteiger partial charge in [-0.1, -0.05) is 207 Å². The molecule has 0 atom stereocenters. The quantitative estimate of drug-likeness (QED) is 0.0801. The van der Waals surface area contributed by atoms with Crippen LogP contribution in [-0.2, 0) is 0 Å². The summed E-state index contributed by atoms with van der Waals surface area (Å²) in [7, 11) is 0.717. The summed E-state index contributed by atoms with van der Waals surface area (Å²) in [6.07, 6.45) is 35.8. The zero-order chi connectivity index (χ0) is 66.6. The number of hydrogen-bond donors (Lipinski definition) is 0. The summed E-state index contributed by atoms with van der Waals surface area (Å²) in [5.41, 5.74) is 0.602. The second kappa shape index (κ2) is 54.0. The smallest absolute Gasteiger partial charge is 0.309 e. The lowest BCUT2D eigenvalue weighted by atomic mass is 9.73. The van der Waals surface area contributed by atoms with E-state index in [4.69, 9.17) is 0 Å². The number of hydrazone groups is 2. The van der Waals surface area contributed by atoms with E-state index < -0.39 is 13.4 Å². The summed E-state index contributed by atoms with van der Waals surface area (Å²) in [5.74, 6) is 0. The van der Waals surface area contributed by atoms with Gasteiger partial charge in [0.05, 0.1) is 25.3 Å². The summed E-state index contributed by atoms with van der Waals surface area (Å²) < 4.78 is 16.0. The molecule has 0 aliphatic carbocycles. The van der Waals surface area contributed by atoms with Gasteiger partial charge in [0.1, 0.15) is 49.6 Å². The molecule has 86 heavy (non-hydrogen) atoms. The minimum absolute atomic E-state index is 0.0674. The highest BCUT2D eigenvalue weighted by Gasteiger charge is 2.70. The average Bonchev–Trinajstić information content (AvgIpc) is 1.51. The molecule has 0 fully saturated rings. The lowest BCUT2D eigenvalue weighted by Gasteiger charge is -2.28. The van der Waals surface area contributed by atoms with Crippen molar-refractivity contribution in [2.75, 3.05) is 65.6 Å². The molecule has 2 aliphatic heterocycles. The molecule has 7 aromatic rings. The van der Waals surface area contributed by atoms with E-state index in [1.165, 1.54) is 12.3 Å². The fourth-order valence-electron chi connectivity index (χ4n) is 9.11. The third kappa shape index (κ3) is 27.9. The minimum Gasteiger partial charge on any atom is -0.309 e. The highest BCUT2D eigenvalue weighted by Crippen LogP contribution is 2.41. The molecule has 0 amide bonds. The average molecular weight is 1260 g/mol. The zero-order valence-corrected chi connectivity index (χ0v) is 63.1. The van der Waals surface area contributed by atoms with Crippen molar-refractivity contribution in [3.8, 4) is 0 Å². The van der Waals surface area contributed by atoms with Crippen molar-refractivity contribution >= 4 is 80.5 Å². The fourth-order valence-corrected chi connectivity index (χ4v) is 16.0. The van der Waals surface area contributed by atoms with Gasteiger partial charge in [-0.15, -0.1) is 20.4 Å². The van der Waals surface area contributed by atoms with Crippen LogP contribution < -0.4 is 24.0 Å². The van der Waals surface area contributed by atoms with Gasteiger partial charge in [0.15, 0.2) is 0 Å². The molecule has 480 valence electrons. The molecule has 8 heterocycles. The van der Waals surface area contributed by atoms with E-state index in [0.717, 1.165) is 12.8 Å². The summed E-state index contributed by atoms with van der Waals surface area (Å²) in [6, 6.07) is 32.7. The van der Waals surface area contributed by atoms with Crippen LogP contribution in [0.2, 0.25) is 0 Å². The van der Waals surface area contributed by atoms with Crippen molar-refractivity contribution in [2.45, 2.75) is 151 Å². The first-order valence-corrected chi connectivity index (χ1v) is 41.3. The molecule has 1 aromatic carbocycles. The normalized spacial score (nSPS) is 11.3. The molecule has 13 nitrogen and oxygen atoms in total. The van der Waals surface area contributed by atoms with Gasteiger partial charge in [-0.2, -0.15) is 4.60 Å². The molecule has 0 bridgehead atoms. The molecule has 9 rings (SSSR count). The molecular weight excluding hydrogens is 1130 g/mol. The van der Waals surface area contributed by atoms with Crippen LogP contribution in [0.25, 0.3) is 0 Å². The Balaban J connectivity index is -0.000000494. The number of benzene rings is 1.